The van der Waals surface area contributed by atoms with Gasteiger partial charge in [-0.25, -0.2) is 0 Å². The first-order chi connectivity index (χ1) is 11.5. The lowest BCUT2D eigenvalue weighted by Gasteiger charge is -2.15. The van der Waals surface area contributed by atoms with Crippen LogP contribution >= 0.6 is 11.8 Å². The Morgan fingerprint density at radius 2 is 2.00 bits per heavy atom. The normalized spacial score (nSPS) is 15.0. The van der Waals surface area contributed by atoms with Crippen LogP contribution in [0.25, 0.3) is 0 Å². The van der Waals surface area contributed by atoms with E-state index in [9.17, 15) is 14.4 Å². The number of hydrogen-bond donors (Lipinski definition) is 2. The van der Waals surface area contributed by atoms with Crippen molar-refractivity contribution >= 4 is 29.4 Å². The van der Waals surface area contributed by atoms with E-state index in [0.717, 1.165) is 5.56 Å². The lowest BCUT2D eigenvalue weighted by Crippen LogP contribution is -2.26. The Labute approximate surface area is 145 Å². The molecule has 1 aromatic rings. The Balaban J connectivity index is 1.85. The Morgan fingerprint density at radius 1 is 1.29 bits per heavy atom. The molecule has 0 radical (unpaired) electrons. The minimum absolute atomic E-state index is 0.00428. The zero-order valence-corrected chi connectivity index (χ0v) is 14.4. The van der Waals surface area contributed by atoms with Gasteiger partial charge >= 0.3 is 5.97 Å². The highest BCUT2D eigenvalue weighted by atomic mass is 32.2. The number of nitrogens with one attached hydrogen (secondary N) is 1. The summed E-state index contributed by atoms with van der Waals surface area (Å²) < 4.78 is 0. The second kappa shape index (κ2) is 8.68. The van der Waals surface area contributed by atoms with Crippen molar-refractivity contribution in [1.82, 2.24) is 5.32 Å². The van der Waals surface area contributed by atoms with Gasteiger partial charge in [0.15, 0.2) is 5.78 Å². The maximum Gasteiger partial charge on any atom is 0.303 e. The summed E-state index contributed by atoms with van der Waals surface area (Å²) in [5.74, 6) is -0.688. The molecule has 2 rings (SSSR count). The van der Waals surface area contributed by atoms with Crippen LogP contribution in [0.2, 0.25) is 0 Å². The average Bonchev–Trinajstić information content (AvgIpc) is 2.92. The fourth-order valence-electron chi connectivity index (χ4n) is 2.57. The Bertz CT molecular complexity index is 651. The molecule has 24 heavy (non-hydrogen) atoms. The van der Waals surface area contributed by atoms with Crippen molar-refractivity contribution in [2.24, 2.45) is 5.92 Å². The van der Waals surface area contributed by atoms with E-state index in [1.165, 1.54) is 11.8 Å². The van der Waals surface area contributed by atoms with E-state index < -0.39 is 5.97 Å². The predicted octanol–water partition coefficient (Wildman–Crippen LogP) is 2.80. The van der Waals surface area contributed by atoms with Gasteiger partial charge in [0.25, 0.3) is 5.91 Å². The van der Waals surface area contributed by atoms with Crippen LogP contribution in [0, 0.1) is 12.8 Å². The molecule has 2 N–H and O–H groups in total. The number of thioether (sulfide) groups is 1. The molecule has 0 spiro atoms. The lowest BCUT2D eigenvalue weighted by molar-refractivity contribution is -0.138. The highest BCUT2D eigenvalue weighted by Crippen LogP contribution is 2.27. The van der Waals surface area contributed by atoms with Crippen LogP contribution in [0.4, 0.5) is 0 Å². The summed E-state index contributed by atoms with van der Waals surface area (Å²) in [5, 5.41) is 13.7. The number of carbonyl (C=O) groups excluding carboxylic acids is 2. The molecule has 0 aromatic heterocycles. The number of allylic oxidation sites excluding steroid dienone is 1. The monoisotopic (exact) mass is 347 g/mol. The van der Waals surface area contributed by atoms with Gasteiger partial charge in [-0.2, -0.15) is 0 Å². The first kappa shape index (κ1) is 18.3. The molecular weight excluding hydrogens is 326 g/mol. The van der Waals surface area contributed by atoms with Gasteiger partial charge < -0.3 is 10.4 Å². The van der Waals surface area contributed by atoms with E-state index in [1.54, 1.807) is 12.1 Å². The van der Waals surface area contributed by atoms with Crippen LogP contribution in [0.5, 0.6) is 0 Å². The van der Waals surface area contributed by atoms with E-state index in [4.69, 9.17) is 5.11 Å². The molecule has 1 aromatic carbocycles. The van der Waals surface area contributed by atoms with Crippen LogP contribution in [-0.4, -0.2) is 35.1 Å². The SMILES string of the molecule is Cc1ccc(C(=O)NCCC(CC(=O)O)CC2=CSCC2=O)cc1. The Kier molecular flexibility index (Phi) is 6.61. The summed E-state index contributed by atoms with van der Waals surface area (Å²) in [4.78, 5) is 34.8. The summed E-state index contributed by atoms with van der Waals surface area (Å²) in [7, 11) is 0. The van der Waals surface area contributed by atoms with Gasteiger partial charge in [-0.3, -0.25) is 14.4 Å². The fourth-order valence-corrected chi connectivity index (χ4v) is 3.42. The van der Waals surface area contributed by atoms with Gasteiger partial charge in [0.05, 0.1) is 5.75 Å². The lowest BCUT2D eigenvalue weighted by atomic mass is 9.92. The molecule has 0 saturated heterocycles. The second-order valence-corrected chi connectivity index (χ2v) is 6.81. The molecule has 5 nitrogen and oxygen atoms in total. The van der Waals surface area contributed by atoms with Crippen LogP contribution in [0.3, 0.4) is 0 Å². The zero-order chi connectivity index (χ0) is 17.5. The van der Waals surface area contributed by atoms with Gasteiger partial charge in [0, 0.05) is 24.1 Å². The first-order valence-corrected chi connectivity index (χ1v) is 8.91. The van der Waals surface area contributed by atoms with Crippen molar-refractivity contribution in [3.05, 3.63) is 46.4 Å². The topological polar surface area (TPSA) is 83.5 Å². The smallest absolute Gasteiger partial charge is 0.303 e. The first-order valence-electron chi connectivity index (χ1n) is 7.86. The van der Waals surface area contributed by atoms with E-state index >= 15 is 0 Å². The van der Waals surface area contributed by atoms with Gasteiger partial charge in [-0.05, 0) is 43.2 Å². The van der Waals surface area contributed by atoms with Gasteiger partial charge in [-0.15, -0.1) is 11.8 Å². The van der Waals surface area contributed by atoms with Crippen LogP contribution in [0.15, 0.2) is 35.2 Å². The molecule has 128 valence electrons. The number of hydrogen-bond acceptors (Lipinski definition) is 4. The highest BCUT2D eigenvalue weighted by molar-refractivity contribution is 8.03. The van der Waals surface area contributed by atoms with Crippen LogP contribution in [-0.2, 0) is 9.59 Å². The van der Waals surface area contributed by atoms with Crippen molar-refractivity contribution in [1.29, 1.82) is 0 Å². The molecule has 1 amide bonds. The number of aryl methyl sites for hydroxylation is 1. The van der Waals surface area contributed by atoms with Crippen molar-refractivity contribution < 1.29 is 19.5 Å². The van der Waals surface area contributed by atoms with Crippen molar-refractivity contribution in [3.63, 3.8) is 0 Å². The molecule has 0 fully saturated rings. The predicted molar refractivity (Wildman–Crippen MR) is 94.0 cm³/mol. The number of carboxylic acids is 1. The average molecular weight is 347 g/mol. The largest absolute Gasteiger partial charge is 0.481 e. The van der Waals surface area contributed by atoms with E-state index in [1.807, 2.05) is 24.5 Å². The minimum Gasteiger partial charge on any atom is -0.481 e. The van der Waals surface area contributed by atoms with Crippen molar-refractivity contribution in [2.45, 2.75) is 26.2 Å². The van der Waals surface area contributed by atoms with Gasteiger partial charge in [0.2, 0.25) is 0 Å². The third kappa shape index (κ3) is 5.53. The van der Waals surface area contributed by atoms with E-state index in [2.05, 4.69) is 5.32 Å². The maximum atomic E-state index is 12.1. The molecular formula is C18H21NO4S. The van der Waals surface area contributed by atoms with E-state index in [-0.39, 0.29) is 24.0 Å². The third-order valence-electron chi connectivity index (χ3n) is 3.92. The number of carbonyl (C=O) groups is 3. The fraction of sp³-hybridized carbons (Fsp3) is 0.389. The molecule has 1 atom stereocenters. The summed E-state index contributed by atoms with van der Waals surface area (Å²) in [6.07, 6.45) is 0.980. The molecule has 0 saturated carbocycles. The summed E-state index contributed by atoms with van der Waals surface area (Å²) in [5.41, 5.74) is 2.37. The number of ketones is 1. The Morgan fingerprint density at radius 3 is 2.58 bits per heavy atom. The number of aliphatic carboxylic acids is 1. The standard InChI is InChI=1S/C18H21NO4S/c1-12-2-4-14(5-3-12)18(23)19-7-6-13(9-17(21)22)8-15-10-24-11-16(15)20/h2-5,10,13H,6-9,11H2,1H3,(H,19,23)(H,21,22). The molecule has 1 unspecified atom stereocenters. The number of carboxylic acid groups (broad SMARTS) is 1. The Hall–Kier alpha value is -2.08. The summed E-state index contributed by atoms with van der Waals surface area (Å²) >= 11 is 1.45. The molecule has 1 aliphatic heterocycles. The van der Waals surface area contributed by atoms with Crippen LogP contribution in [0.1, 0.15) is 35.2 Å². The molecule has 1 aliphatic rings. The van der Waals surface area contributed by atoms with Gasteiger partial charge in [-0.1, -0.05) is 17.7 Å². The molecule has 6 heteroatoms. The summed E-state index contributed by atoms with van der Waals surface area (Å²) in [6.45, 7) is 2.34. The summed E-state index contributed by atoms with van der Waals surface area (Å²) in [6, 6.07) is 7.27. The van der Waals surface area contributed by atoms with Gasteiger partial charge in [0.1, 0.15) is 0 Å². The minimum atomic E-state index is -0.886. The number of benzene rings is 1. The maximum absolute atomic E-state index is 12.1. The van der Waals surface area contributed by atoms with Crippen LogP contribution < -0.4 is 5.32 Å². The quantitative estimate of drug-likeness (QED) is 0.755. The van der Waals surface area contributed by atoms with Crippen molar-refractivity contribution in [2.75, 3.05) is 12.3 Å². The molecule has 0 aliphatic carbocycles. The van der Waals surface area contributed by atoms with E-state index in [0.29, 0.717) is 36.3 Å². The second-order valence-electron chi connectivity index (χ2n) is 5.96. The number of Topliss-reactive ketones (excluding diaryl/α,β-unsaturated/α-hetero) is 1. The number of rotatable bonds is 8. The highest BCUT2D eigenvalue weighted by Gasteiger charge is 2.22. The molecule has 0 bridgehead atoms. The zero-order valence-electron chi connectivity index (χ0n) is 13.6. The molecule has 1 heterocycles. The third-order valence-corrected chi connectivity index (χ3v) is 4.80. The van der Waals surface area contributed by atoms with Crippen molar-refractivity contribution in [3.8, 4) is 0 Å². The number of amides is 1.